The van der Waals surface area contributed by atoms with Crippen LogP contribution in [0.2, 0.25) is 0 Å². The van der Waals surface area contributed by atoms with Crippen molar-refractivity contribution in [1.82, 2.24) is 15.5 Å². The molecule has 0 saturated heterocycles. The average Bonchev–Trinajstić information content (AvgIpc) is 2.93. The SMILES string of the molecule is CN1C(=O)c2ccccc2SSc2ccccc2NC(=O)[C@@H](CC(=O)O)NC(=O)CNC(=O)[C@@H]1CCCN=C(N)N. The summed E-state index contributed by atoms with van der Waals surface area (Å²) in [7, 11) is 4.06. The van der Waals surface area contributed by atoms with Gasteiger partial charge >= 0.3 is 5.97 Å². The number of hydrogen-bond donors (Lipinski definition) is 6. The van der Waals surface area contributed by atoms with Gasteiger partial charge in [-0.1, -0.05) is 45.9 Å². The van der Waals surface area contributed by atoms with E-state index in [0.29, 0.717) is 27.5 Å². The molecule has 15 heteroatoms. The molecule has 0 bridgehead atoms. The number of carboxylic acids is 1. The average molecular weight is 602 g/mol. The second-order valence-electron chi connectivity index (χ2n) is 8.96. The Balaban J connectivity index is 1.99. The molecule has 3 rings (SSSR count). The Labute approximate surface area is 244 Å². The van der Waals surface area contributed by atoms with Crippen molar-refractivity contribution in [2.24, 2.45) is 16.5 Å². The maximum absolute atomic E-state index is 13.6. The second-order valence-corrected chi connectivity index (χ2v) is 11.2. The van der Waals surface area contributed by atoms with Gasteiger partial charge in [0.2, 0.25) is 17.7 Å². The molecule has 4 amide bonds. The predicted molar refractivity (Wildman–Crippen MR) is 156 cm³/mol. The molecule has 1 aliphatic heterocycles. The normalized spacial score (nSPS) is 18.6. The lowest BCUT2D eigenvalue weighted by molar-refractivity contribution is -0.140. The van der Waals surface area contributed by atoms with E-state index in [1.807, 2.05) is 0 Å². The smallest absolute Gasteiger partial charge is 0.305 e. The zero-order valence-electron chi connectivity index (χ0n) is 22.2. The van der Waals surface area contributed by atoms with Crippen LogP contribution in [-0.2, 0) is 19.2 Å². The first-order valence-electron chi connectivity index (χ1n) is 12.5. The summed E-state index contributed by atoms with van der Waals surface area (Å²) in [4.78, 5) is 70.5. The van der Waals surface area contributed by atoms with E-state index >= 15 is 0 Å². The van der Waals surface area contributed by atoms with Gasteiger partial charge in [-0.05, 0) is 37.1 Å². The Hall–Kier alpha value is -4.24. The second kappa shape index (κ2) is 14.9. The number of anilines is 1. The van der Waals surface area contributed by atoms with E-state index in [0.717, 1.165) is 0 Å². The number of guanidine groups is 1. The number of carbonyl (C=O) groups excluding carboxylic acids is 4. The molecule has 2 atom stereocenters. The molecular weight excluding hydrogens is 570 g/mol. The largest absolute Gasteiger partial charge is 0.481 e. The van der Waals surface area contributed by atoms with Crippen LogP contribution in [0.4, 0.5) is 5.69 Å². The number of para-hydroxylation sites is 1. The van der Waals surface area contributed by atoms with Crippen molar-refractivity contribution in [3.63, 3.8) is 0 Å². The van der Waals surface area contributed by atoms with Crippen molar-refractivity contribution in [2.45, 2.75) is 41.1 Å². The summed E-state index contributed by atoms with van der Waals surface area (Å²) in [6.45, 7) is -0.323. The van der Waals surface area contributed by atoms with Gasteiger partial charge in [-0.25, -0.2) is 0 Å². The first-order valence-corrected chi connectivity index (χ1v) is 14.7. The third-order valence-corrected chi connectivity index (χ3v) is 8.44. The van der Waals surface area contributed by atoms with Crippen LogP contribution < -0.4 is 27.4 Å². The molecule has 2 aromatic rings. The van der Waals surface area contributed by atoms with Crippen LogP contribution in [-0.4, -0.2) is 77.8 Å². The van der Waals surface area contributed by atoms with Gasteiger partial charge in [0.25, 0.3) is 5.91 Å². The Kier molecular flexibility index (Phi) is 11.4. The molecular formula is C26H31N7O6S2. The third kappa shape index (κ3) is 9.14. The number of nitrogens with two attached hydrogens (primary N) is 2. The summed E-state index contributed by atoms with van der Waals surface area (Å²) in [6.07, 6.45) is -0.120. The van der Waals surface area contributed by atoms with Crippen LogP contribution in [0.15, 0.2) is 63.3 Å². The van der Waals surface area contributed by atoms with E-state index < -0.39 is 54.6 Å². The van der Waals surface area contributed by atoms with Crippen molar-refractivity contribution >= 4 is 62.8 Å². The molecule has 218 valence electrons. The van der Waals surface area contributed by atoms with Gasteiger partial charge in [-0.2, -0.15) is 0 Å². The lowest BCUT2D eigenvalue weighted by atomic mass is 10.1. The minimum atomic E-state index is -1.40. The standard InChI is InChI=1S/C26H31N7O6S2/c1-33-18(9-6-12-29-26(27)28)24(38)30-14-21(34)31-17(13-22(35)36)23(37)32-16-8-3-5-11-20(16)41-40-19-10-4-2-7-15(19)25(33)39/h2-5,7-8,10-11,17-18H,6,9,12-14H2,1H3,(H,30,38)(H,31,34)(H,32,37)(H,35,36)(H4,27,28,29)/t17-,18+/m1/s1. The summed E-state index contributed by atoms with van der Waals surface area (Å²) in [5, 5.41) is 16.9. The quantitative estimate of drug-likeness (QED) is 0.120. The molecule has 8 N–H and O–H groups in total. The van der Waals surface area contributed by atoms with Crippen LogP contribution in [0.25, 0.3) is 0 Å². The number of aliphatic carboxylic acids is 1. The fourth-order valence-electron chi connectivity index (χ4n) is 3.91. The number of hydrogen-bond acceptors (Lipinski definition) is 8. The zero-order chi connectivity index (χ0) is 29.9. The highest BCUT2D eigenvalue weighted by atomic mass is 33.1. The number of fused-ring (bicyclic) bond motifs is 2. The van der Waals surface area contributed by atoms with Crippen LogP contribution in [0.1, 0.15) is 29.6 Å². The van der Waals surface area contributed by atoms with Crippen molar-refractivity contribution in [1.29, 1.82) is 0 Å². The van der Waals surface area contributed by atoms with Gasteiger partial charge in [0.05, 0.1) is 24.2 Å². The van der Waals surface area contributed by atoms with Gasteiger partial charge in [0, 0.05) is 23.4 Å². The van der Waals surface area contributed by atoms with Crippen molar-refractivity contribution < 1.29 is 29.1 Å². The number of likely N-dealkylation sites (N-methyl/N-ethyl adjacent to an activating group) is 1. The van der Waals surface area contributed by atoms with Gasteiger partial charge in [-0.3, -0.25) is 29.0 Å². The van der Waals surface area contributed by atoms with Crippen LogP contribution in [0.3, 0.4) is 0 Å². The summed E-state index contributed by atoms with van der Waals surface area (Å²) in [5.74, 6) is -3.93. The maximum Gasteiger partial charge on any atom is 0.305 e. The van der Waals surface area contributed by atoms with Crippen LogP contribution >= 0.6 is 21.6 Å². The fourth-order valence-corrected chi connectivity index (χ4v) is 6.22. The zero-order valence-corrected chi connectivity index (χ0v) is 23.8. The lowest BCUT2D eigenvalue weighted by Crippen LogP contribution is -2.52. The molecule has 0 radical (unpaired) electrons. The Morgan fingerprint density at radius 2 is 1.68 bits per heavy atom. The van der Waals surface area contributed by atoms with Gasteiger partial charge in [-0.15, -0.1) is 0 Å². The molecule has 2 aromatic carbocycles. The minimum Gasteiger partial charge on any atom is -0.481 e. The molecule has 41 heavy (non-hydrogen) atoms. The third-order valence-electron chi connectivity index (χ3n) is 5.96. The molecule has 0 fully saturated rings. The fraction of sp³-hybridized carbons (Fsp3) is 0.308. The van der Waals surface area contributed by atoms with E-state index in [1.54, 1.807) is 48.5 Å². The van der Waals surface area contributed by atoms with Crippen molar-refractivity contribution in [3.8, 4) is 0 Å². The number of rotatable bonds is 6. The Morgan fingerprint density at radius 1 is 1.02 bits per heavy atom. The molecule has 0 aliphatic carbocycles. The van der Waals surface area contributed by atoms with E-state index in [-0.39, 0.29) is 18.9 Å². The number of nitrogens with one attached hydrogen (secondary N) is 3. The summed E-state index contributed by atoms with van der Waals surface area (Å²) >= 11 is 0. The number of amides is 4. The Bertz CT molecular complexity index is 1330. The topological polar surface area (TPSA) is 209 Å². The van der Waals surface area contributed by atoms with Crippen molar-refractivity contribution in [3.05, 3.63) is 54.1 Å². The molecule has 0 spiro atoms. The van der Waals surface area contributed by atoms with E-state index in [2.05, 4.69) is 20.9 Å². The Morgan fingerprint density at radius 3 is 2.39 bits per heavy atom. The van der Waals surface area contributed by atoms with Crippen molar-refractivity contribution in [2.75, 3.05) is 25.5 Å². The number of nitrogens with zero attached hydrogens (tertiary/aromatic N) is 2. The highest BCUT2D eigenvalue weighted by molar-refractivity contribution is 8.76. The van der Waals surface area contributed by atoms with Crippen LogP contribution in [0.5, 0.6) is 0 Å². The lowest BCUT2D eigenvalue weighted by Gasteiger charge is -2.28. The van der Waals surface area contributed by atoms with E-state index in [9.17, 15) is 29.1 Å². The summed E-state index contributed by atoms with van der Waals surface area (Å²) in [5.41, 5.74) is 11.5. The molecule has 0 aromatic heterocycles. The van der Waals surface area contributed by atoms with Gasteiger partial charge in [0.15, 0.2) is 5.96 Å². The molecule has 0 unspecified atom stereocenters. The summed E-state index contributed by atoms with van der Waals surface area (Å²) in [6, 6.07) is 11.4. The molecule has 0 saturated carbocycles. The van der Waals surface area contributed by atoms with E-state index in [1.165, 1.54) is 33.5 Å². The highest BCUT2D eigenvalue weighted by Gasteiger charge is 2.30. The van der Waals surface area contributed by atoms with E-state index in [4.69, 9.17) is 11.5 Å². The molecule has 13 nitrogen and oxygen atoms in total. The molecule has 1 aliphatic rings. The predicted octanol–water partition coefficient (Wildman–Crippen LogP) is 1.01. The molecule has 1 heterocycles. The van der Waals surface area contributed by atoms with Gasteiger partial charge in [0.1, 0.15) is 12.1 Å². The number of aliphatic imine (C=N–C) groups is 1. The highest BCUT2D eigenvalue weighted by Crippen LogP contribution is 2.42. The minimum absolute atomic E-state index is 0.102. The first kappa shape index (κ1) is 31.3. The number of carbonyl (C=O) groups is 5. The van der Waals surface area contributed by atoms with Crippen LogP contribution in [0, 0.1) is 0 Å². The maximum atomic E-state index is 13.6. The number of benzene rings is 2. The summed E-state index contributed by atoms with van der Waals surface area (Å²) < 4.78 is 0. The van der Waals surface area contributed by atoms with Gasteiger partial charge < -0.3 is 37.4 Å². The first-order chi connectivity index (χ1) is 19.6. The number of carboxylic acid groups (broad SMARTS) is 1. The monoisotopic (exact) mass is 601 g/mol.